The molecule has 0 bridgehead atoms. The Morgan fingerprint density at radius 1 is 1.06 bits per heavy atom. The van der Waals surface area contributed by atoms with Crippen LogP contribution in [-0.4, -0.2) is 13.0 Å². The molecule has 4 nitrogen and oxygen atoms in total. The topological polar surface area (TPSA) is 51.5 Å². The predicted octanol–water partition coefficient (Wildman–Crippen LogP) is 7.74. The van der Waals surface area contributed by atoms with Gasteiger partial charge in [0.1, 0.15) is 23.0 Å². The maximum Gasteiger partial charge on any atom is 0.248 e. The number of rotatable bonds is 5. The van der Waals surface area contributed by atoms with Crippen LogP contribution in [0.25, 0.3) is 27.7 Å². The summed E-state index contributed by atoms with van der Waals surface area (Å²) in [7, 11) is 1.50. The molecule has 0 fully saturated rings. The molecule has 0 aliphatic heterocycles. The van der Waals surface area contributed by atoms with Gasteiger partial charge in [-0.3, -0.25) is 4.79 Å². The third-order valence-electron chi connectivity index (χ3n) is 5.08. The van der Waals surface area contributed by atoms with Gasteiger partial charge < -0.3 is 14.5 Å². The summed E-state index contributed by atoms with van der Waals surface area (Å²) < 4.78 is 38.4. The Bertz CT molecular complexity index is 1410. The van der Waals surface area contributed by atoms with Crippen LogP contribution >= 0.6 is 23.2 Å². The standard InChI is InChI=1S/C25H17Cl2F2NO3/c1-13(7-25(31)30-22-9-15(28)4-6-21(22)29)17-10-18-19(12-33-24(18)11-23(17)32-2)16-5-3-14(26)8-20(16)27/h3-12H,1-2H3,(H,30,31)/b13-7+. The molecule has 0 radical (unpaired) electrons. The molecule has 8 heteroatoms. The lowest BCUT2D eigenvalue weighted by Crippen LogP contribution is -2.10. The number of furan rings is 1. The van der Waals surface area contributed by atoms with Crippen LogP contribution < -0.4 is 10.1 Å². The van der Waals surface area contributed by atoms with Crippen molar-refractivity contribution in [2.45, 2.75) is 6.92 Å². The minimum atomic E-state index is -0.738. The van der Waals surface area contributed by atoms with E-state index >= 15 is 0 Å². The Kier molecular flexibility index (Phi) is 6.40. The Balaban J connectivity index is 1.74. The number of hydrogen-bond acceptors (Lipinski definition) is 3. The fraction of sp³-hybridized carbons (Fsp3) is 0.0800. The molecule has 0 saturated heterocycles. The maximum atomic E-state index is 13.9. The number of halogens is 4. The number of anilines is 1. The van der Waals surface area contributed by atoms with Crippen LogP contribution in [0.1, 0.15) is 12.5 Å². The van der Waals surface area contributed by atoms with E-state index in [9.17, 15) is 13.6 Å². The van der Waals surface area contributed by atoms with Gasteiger partial charge in [-0.15, -0.1) is 0 Å². The summed E-state index contributed by atoms with van der Waals surface area (Å²) in [6.45, 7) is 1.71. The van der Waals surface area contributed by atoms with E-state index in [2.05, 4.69) is 5.32 Å². The fourth-order valence-corrected chi connectivity index (χ4v) is 4.00. The van der Waals surface area contributed by atoms with Crippen molar-refractivity contribution in [3.8, 4) is 16.9 Å². The van der Waals surface area contributed by atoms with Crippen molar-refractivity contribution < 1.29 is 22.7 Å². The minimum Gasteiger partial charge on any atom is -0.496 e. The minimum absolute atomic E-state index is 0.249. The molecular formula is C25H17Cl2F2NO3. The van der Waals surface area contributed by atoms with E-state index < -0.39 is 17.5 Å². The van der Waals surface area contributed by atoms with E-state index in [1.54, 1.807) is 37.5 Å². The summed E-state index contributed by atoms with van der Waals surface area (Å²) in [5.74, 6) is -1.54. The Morgan fingerprint density at radius 3 is 2.58 bits per heavy atom. The molecular weight excluding hydrogens is 471 g/mol. The average molecular weight is 488 g/mol. The van der Waals surface area contributed by atoms with Crippen molar-refractivity contribution in [2.24, 2.45) is 0 Å². The summed E-state index contributed by atoms with van der Waals surface area (Å²) in [5.41, 5.74) is 2.95. The molecule has 1 heterocycles. The van der Waals surface area contributed by atoms with E-state index in [1.807, 2.05) is 6.07 Å². The summed E-state index contributed by atoms with van der Waals surface area (Å²) in [6.07, 6.45) is 2.87. The second-order valence-corrected chi connectivity index (χ2v) is 8.11. The highest BCUT2D eigenvalue weighted by molar-refractivity contribution is 6.36. The van der Waals surface area contributed by atoms with E-state index in [4.69, 9.17) is 32.4 Å². The van der Waals surface area contributed by atoms with Gasteiger partial charge in [0.25, 0.3) is 0 Å². The van der Waals surface area contributed by atoms with Crippen LogP contribution in [0.2, 0.25) is 10.0 Å². The Hall–Kier alpha value is -3.35. The molecule has 4 rings (SSSR count). The first-order chi connectivity index (χ1) is 15.8. The van der Waals surface area contributed by atoms with Crippen LogP contribution in [0, 0.1) is 11.6 Å². The van der Waals surface area contributed by atoms with Gasteiger partial charge in [-0.1, -0.05) is 29.3 Å². The van der Waals surface area contributed by atoms with Gasteiger partial charge in [0.05, 0.1) is 24.1 Å². The van der Waals surface area contributed by atoms with Gasteiger partial charge in [-0.2, -0.15) is 0 Å². The number of carbonyl (C=O) groups is 1. The van der Waals surface area contributed by atoms with Gasteiger partial charge in [0.2, 0.25) is 5.91 Å². The molecule has 0 spiro atoms. The third kappa shape index (κ3) is 4.72. The highest BCUT2D eigenvalue weighted by Gasteiger charge is 2.17. The second-order valence-electron chi connectivity index (χ2n) is 7.26. The summed E-state index contributed by atoms with van der Waals surface area (Å²) in [4.78, 5) is 12.5. The monoisotopic (exact) mass is 487 g/mol. The number of benzene rings is 3. The van der Waals surface area contributed by atoms with Crippen molar-refractivity contribution in [2.75, 3.05) is 12.4 Å². The van der Waals surface area contributed by atoms with Gasteiger partial charge in [0, 0.05) is 45.3 Å². The molecule has 0 aliphatic carbocycles. The zero-order valence-corrected chi connectivity index (χ0v) is 19.0. The van der Waals surface area contributed by atoms with Crippen molar-refractivity contribution in [1.29, 1.82) is 0 Å². The SMILES string of the molecule is COc1cc2occ(-c3ccc(Cl)cc3Cl)c2cc1/C(C)=C/C(=O)Nc1cc(F)ccc1F. The van der Waals surface area contributed by atoms with Crippen molar-refractivity contribution in [3.63, 3.8) is 0 Å². The number of nitrogens with one attached hydrogen (secondary N) is 1. The van der Waals surface area contributed by atoms with Crippen LogP contribution in [-0.2, 0) is 4.79 Å². The molecule has 1 amide bonds. The number of allylic oxidation sites excluding steroid dienone is 1. The van der Waals surface area contributed by atoms with Gasteiger partial charge in [-0.25, -0.2) is 8.78 Å². The van der Waals surface area contributed by atoms with Crippen LogP contribution in [0.15, 0.2) is 65.3 Å². The van der Waals surface area contributed by atoms with Gasteiger partial charge >= 0.3 is 0 Å². The second kappa shape index (κ2) is 9.25. The molecule has 0 saturated carbocycles. The first kappa shape index (κ1) is 22.8. The van der Waals surface area contributed by atoms with Crippen LogP contribution in [0.5, 0.6) is 5.75 Å². The Labute approximate surface area is 198 Å². The lowest BCUT2D eigenvalue weighted by molar-refractivity contribution is -0.111. The number of fused-ring (bicyclic) bond motifs is 1. The van der Waals surface area contributed by atoms with Crippen LogP contribution in [0.3, 0.4) is 0 Å². The van der Waals surface area contributed by atoms with Gasteiger partial charge in [-0.05, 0) is 42.8 Å². The quantitative estimate of drug-likeness (QED) is 0.293. The van der Waals surface area contributed by atoms with Crippen LogP contribution in [0.4, 0.5) is 14.5 Å². The molecule has 168 valence electrons. The van der Waals surface area contributed by atoms with Crippen molar-refractivity contribution in [3.05, 3.63) is 88.1 Å². The molecule has 1 N–H and O–H groups in total. The van der Waals surface area contributed by atoms with E-state index in [0.717, 1.165) is 34.7 Å². The summed E-state index contributed by atoms with van der Waals surface area (Å²) in [6, 6.07) is 11.5. The molecule has 4 aromatic rings. The molecule has 1 aromatic heterocycles. The molecule has 3 aromatic carbocycles. The number of methoxy groups -OCH3 is 1. The Morgan fingerprint density at radius 2 is 1.85 bits per heavy atom. The molecule has 0 aliphatic rings. The first-order valence-corrected chi connectivity index (χ1v) is 10.5. The van der Waals surface area contributed by atoms with E-state index in [-0.39, 0.29) is 5.69 Å². The molecule has 33 heavy (non-hydrogen) atoms. The number of hydrogen-bond donors (Lipinski definition) is 1. The first-order valence-electron chi connectivity index (χ1n) is 9.76. The van der Waals surface area contributed by atoms with Gasteiger partial charge in [0.15, 0.2) is 0 Å². The summed E-state index contributed by atoms with van der Waals surface area (Å²) in [5, 5.41) is 4.08. The highest BCUT2D eigenvalue weighted by Crippen LogP contribution is 2.40. The fourth-order valence-electron chi connectivity index (χ4n) is 3.49. The number of ether oxygens (including phenoxy) is 1. The van der Waals surface area contributed by atoms with Crippen molar-refractivity contribution in [1.82, 2.24) is 0 Å². The van der Waals surface area contributed by atoms with Crippen molar-refractivity contribution >= 4 is 51.3 Å². The number of carbonyl (C=O) groups excluding carboxylic acids is 1. The third-order valence-corrected chi connectivity index (χ3v) is 5.62. The maximum absolute atomic E-state index is 13.9. The zero-order valence-electron chi connectivity index (χ0n) is 17.5. The number of amides is 1. The largest absolute Gasteiger partial charge is 0.496 e. The normalized spacial score (nSPS) is 11.6. The highest BCUT2D eigenvalue weighted by atomic mass is 35.5. The predicted molar refractivity (Wildman–Crippen MR) is 127 cm³/mol. The zero-order chi connectivity index (χ0) is 23.7. The van der Waals surface area contributed by atoms with E-state index in [0.29, 0.717) is 32.5 Å². The molecule has 0 atom stereocenters. The average Bonchev–Trinajstić information content (AvgIpc) is 3.18. The lowest BCUT2D eigenvalue weighted by Gasteiger charge is -2.11. The van der Waals surface area contributed by atoms with E-state index in [1.165, 1.54) is 13.2 Å². The summed E-state index contributed by atoms with van der Waals surface area (Å²) >= 11 is 12.4. The smallest absolute Gasteiger partial charge is 0.248 e. The lowest BCUT2D eigenvalue weighted by atomic mass is 9.99. The molecule has 0 unspecified atom stereocenters.